The first-order valence-corrected chi connectivity index (χ1v) is 12.9. The van der Waals surface area contributed by atoms with Crippen molar-refractivity contribution in [3.63, 3.8) is 0 Å². The Hall–Kier alpha value is -3.05. The van der Waals surface area contributed by atoms with Crippen LogP contribution in [-0.4, -0.2) is 35.7 Å². The topological polar surface area (TPSA) is 124 Å². The number of aliphatic hydroxyl groups is 1. The molecule has 3 aromatic rings. The number of anilines is 1. The number of aromatic amines is 1. The van der Waals surface area contributed by atoms with Gasteiger partial charge in [0.1, 0.15) is 23.6 Å². The Balaban J connectivity index is 1.34. The van der Waals surface area contributed by atoms with Crippen molar-refractivity contribution in [2.45, 2.75) is 38.3 Å². The highest BCUT2D eigenvalue weighted by Crippen LogP contribution is 2.37. The molecule has 182 valence electrons. The number of hydrogen-bond donors (Lipinski definition) is 4. The average Bonchev–Trinajstić information content (AvgIpc) is 3.20. The number of benzene rings is 2. The number of H-pyrrole nitrogens is 1. The highest BCUT2D eigenvalue weighted by atomic mass is 32.2. The van der Waals surface area contributed by atoms with E-state index in [2.05, 4.69) is 20.0 Å². The van der Waals surface area contributed by atoms with Crippen LogP contribution in [0.4, 0.5) is 14.5 Å². The maximum Gasteiger partial charge on any atom is 0.229 e. The van der Waals surface area contributed by atoms with Crippen LogP contribution in [0.15, 0.2) is 36.4 Å². The van der Waals surface area contributed by atoms with Crippen molar-refractivity contribution in [3.8, 4) is 0 Å². The molecule has 1 saturated carbocycles. The molecule has 4 N–H and O–H groups in total. The van der Waals surface area contributed by atoms with E-state index in [1.807, 2.05) is 0 Å². The summed E-state index contributed by atoms with van der Waals surface area (Å²) < 4.78 is 52.8. The second-order valence-electron chi connectivity index (χ2n) is 8.70. The Morgan fingerprint density at radius 2 is 1.85 bits per heavy atom. The van der Waals surface area contributed by atoms with Crippen molar-refractivity contribution in [1.82, 2.24) is 15.3 Å². The number of sulfonamides is 1. The van der Waals surface area contributed by atoms with E-state index in [0.29, 0.717) is 48.2 Å². The predicted molar refractivity (Wildman–Crippen MR) is 123 cm³/mol. The Morgan fingerprint density at radius 3 is 2.50 bits per heavy atom. The highest BCUT2D eigenvalue weighted by Gasteiger charge is 2.32. The van der Waals surface area contributed by atoms with Crippen LogP contribution >= 0.6 is 0 Å². The minimum absolute atomic E-state index is 0.109. The van der Waals surface area contributed by atoms with Crippen molar-refractivity contribution in [1.29, 1.82) is 0 Å². The molecule has 0 bridgehead atoms. The summed E-state index contributed by atoms with van der Waals surface area (Å²) in [5.74, 6) is -1.67. The Bertz CT molecular complexity index is 1280. The second kappa shape index (κ2) is 9.67. The zero-order valence-corrected chi connectivity index (χ0v) is 19.3. The van der Waals surface area contributed by atoms with Gasteiger partial charge in [0.25, 0.3) is 0 Å². The van der Waals surface area contributed by atoms with Gasteiger partial charge in [-0.2, -0.15) is 0 Å². The number of carbonyl (C=O) groups is 1. The monoisotopic (exact) mass is 492 g/mol. The first kappa shape index (κ1) is 24.1. The van der Waals surface area contributed by atoms with E-state index < -0.39 is 27.8 Å². The van der Waals surface area contributed by atoms with E-state index in [1.165, 1.54) is 6.07 Å². The standard InChI is InChI=1S/C23H26F2N4O4S/c1-34(32,33)29-15-9-10-19-20(11-15)28-22(27-19)21(30)13-5-7-14(8-6-13)23(31)26-12-16-17(24)3-2-4-18(16)25/h2-4,9-11,13-14,21,29-30H,5-8,12H2,1H3,(H,26,31)(H,27,28)/t13?,14?,21-/m0/s1. The van der Waals surface area contributed by atoms with E-state index in [9.17, 15) is 27.1 Å². The molecule has 0 saturated heterocycles. The molecular weight excluding hydrogens is 466 g/mol. The van der Waals surface area contributed by atoms with Crippen LogP contribution in [0.25, 0.3) is 11.0 Å². The van der Waals surface area contributed by atoms with E-state index in [-0.39, 0.29) is 29.9 Å². The smallest absolute Gasteiger partial charge is 0.229 e. The second-order valence-corrected chi connectivity index (χ2v) is 10.5. The molecule has 0 radical (unpaired) electrons. The van der Waals surface area contributed by atoms with Gasteiger partial charge in [0.2, 0.25) is 15.9 Å². The molecule has 8 nitrogen and oxygen atoms in total. The van der Waals surface area contributed by atoms with E-state index >= 15 is 0 Å². The minimum atomic E-state index is -3.41. The molecule has 1 heterocycles. The minimum Gasteiger partial charge on any atom is -0.385 e. The zero-order valence-electron chi connectivity index (χ0n) is 18.5. The number of halogens is 2. The number of imidazole rings is 1. The average molecular weight is 493 g/mol. The lowest BCUT2D eigenvalue weighted by molar-refractivity contribution is -0.126. The highest BCUT2D eigenvalue weighted by molar-refractivity contribution is 7.92. The van der Waals surface area contributed by atoms with Crippen molar-refractivity contribution >= 4 is 32.7 Å². The summed E-state index contributed by atoms with van der Waals surface area (Å²) in [5.41, 5.74) is 1.42. The molecule has 4 rings (SSSR count). The molecule has 1 atom stereocenters. The van der Waals surface area contributed by atoms with Gasteiger partial charge in [-0.25, -0.2) is 22.2 Å². The molecule has 0 aliphatic heterocycles. The third-order valence-electron chi connectivity index (χ3n) is 6.17. The summed E-state index contributed by atoms with van der Waals surface area (Å²) in [7, 11) is -3.41. The number of nitrogens with one attached hydrogen (secondary N) is 3. The summed E-state index contributed by atoms with van der Waals surface area (Å²) in [6.07, 6.45) is 2.45. The first-order chi connectivity index (χ1) is 16.1. The lowest BCUT2D eigenvalue weighted by Gasteiger charge is -2.30. The number of aromatic nitrogens is 2. The number of aliphatic hydroxyl groups excluding tert-OH is 1. The number of amides is 1. The molecule has 1 aromatic heterocycles. The van der Waals surface area contributed by atoms with Crippen LogP contribution in [0.1, 0.15) is 43.2 Å². The van der Waals surface area contributed by atoms with Crippen molar-refractivity contribution < 1.29 is 27.1 Å². The quantitative estimate of drug-likeness (QED) is 0.403. The summed E-state index contributed by atoms with van der Waals surface area (Å²) >= 11 is 0. The van der Waals surface area contributed by atoms with Gasteiger partial charge in [0.15, 0.2) is 0 Å². The number of fused-ring (bicyclic) bond motifs is 1. The Labute approximate surface area is 195 Å². The van der Waals surface area contributed by atoms with Gasteiger partial charge >= 0.3 is 0 Å². The molecule has 1 fully saturated rings. The van der Waals surface area contributed by atoms with Gasteiger partial charge in [0, 0.05) is 18.0 Å². The molecule has 0 unspecified atom stereocenters. The molecule has 1 amide bonds. The fourth-order valence-corrected chi connectivity index (χ4v) is 4.94. The molecule has 2 aromatic carbocycles. The van der Waals surface area contributed by atoms with Crippen molar-refractivity contribution in [2.75, 3.05) is 11.0 Å². The van der Waals surface area contributed by atoms with Crippen LogP contribution in [0, 0.1) is 23.5 Å². The van der Waals surface area contributed by atoms with E-state index in [0.717, 1.165) is 18.4 Å². The summed E-state index contributed by atoms with van der Waals surface area (Å²) in [5, 5.41) is 13.5. The largest absolute Gasteiger partial charge is 0.385 e. The third kappa shape index (κ3) is 5.53. The molecular formula is C23H26F2N4O4S. The molecule has 1 aliphatic rings. The molecule has 11 heteroatoms. The lowest BCUT2D eigenvalue weighted by Crippen LogP contribution is -2.34. The first-order valence-electron chi connectivity index (χ1n) is 11.0. The van der Waals surface area contributed by atoms with Crippen LogP contribution in [0.3, 0.4) is 0 Å². The SMILES string of the molecule is CS(=O)(=O)Nc1ccc2nc([C@@H](O)C3CCC(C(=O)NCc4c(F)cccc4F)CC3)[nH]c2c1. The van der Waals surface area contributed by atoms with Gasteiger partial charge in [-0.1, -0.05) is 6.07 Å². The fraction of sp³-hybridized carbons (Fsp3) is 0.391. The van der Waals surface area contributed by atoms with Gasteiger partial charge in [-0.3, -0.25) is 9.52 Å². The van der Waals surface area contributed by atoms with Crippen LogP contribution in [0.5, 0.6) is 0 Å². The lowest BCUT2D eigenvalue weighted by atomic mass is 9.79. The summed E-state index contributed by atoms with van der Waals surface area (Å²) in [4.78, 5) is 20.0. The Morgan fingerprint density at radius 1 is 1.18 bits per heavy atom. The summed E-state index contributed by atoms with van der Waals surface area (Å²) in [6.45, 7) is -0.213. The van der Waals surface area contributed by atoms with Crippen LogP contribution < -0.4 is 10.0 Å². The number of hydrogen-bond acceptors (Lipinski definition) is 5. The fourth-order valence-electron chi connectivity index (χ4n) is 4.39. The van der Waals surface area contributed by atoms with E-state index in [4.69, 9.17) is 0 Å². The van der Waals surface area contributed by atoms with E-state index in [1.54, 1.807) is 18.2 Å². The molecule has 34 heavy (non-hydrogen) atoms. The maximum atomic E-state index is 13.8. The van der Waals surface area contributed by atoms with Gasteiger partial charge in [-0.15, -0.1) is 0 Å². The number of nitrogens with zero attached hydrogens (tertiary/aromatic N) is 1. The van der Waals surface area contributed by atoms with Gasteiger partial charge < -0.3 is 15.4 Å². The number of rotatable bonds is 7. The molecule has 0 spiro atoms. The molecule has 1 aliphatic carbocycles. The Kier molecular flexibility index (Phi) is 6.85. The number of carbonyl (C=O) groups excluding carboxylic acids is 1. The van der Waals surface area contributed by atoms with Crippen LogP contribution in [-0.2, 0) is 21.4 Å². The zero-order chi connectivity index (χ0) is 24.5. The van der Waals surface area contributed by atoms with Crippen molar-refractivity contribution in [2.24, 2.45) is 11.8 Å². The van der Waals surface area contributed by atoms with Gasteiger partial charge in [-0.05, 0) is 61.9 Å². The van der Waals surface area contributed by atoms with Crippen LogP contribution in [0.2, 0.25) is 0 Å². The summed E-state index contributed by atoms with van der Waals surface area (Å²) in [6, 6.07) is 8.44. The maximum absolute atomic E-state index is 13.8. The normalized spacial score (nSPS) is 19.6. The van der Waals surface area contributed by atoms with Crippen molar-refractivity contribution in [3.05, 3.63) is 59.4 Å². The third-order valence-corrected chi connectivity index (χ3v) is 6.78. The van der Waals surface area contributed by atoms with Gasteiger partial charge in [0.05, 0.1) is 23.0 Å². The predicted octanol–water partition coefficient (Wildman–Crippen LogP) is 3.37.